The summed E-state index contributed by atoms with van der Waals surface area (Å²) in [6.07, 6.45) is -4.44. The zero-order valence-electron chi connectivity index (χ0n) is 10.2. The lowest BCUT2D eigenvalue weighted by molar-refractivity contribution is -0.130. The first-order valence-electron chi connectivity index (χ1n) is 5.33. The largest absolute Gasteiger partial charge is 0.391 e. The summed E-state index contributed by atoms with van der Waals surface area (Å²) in [5, 5.41) is 32.5. The highest BCUT2D eigenvalue weighted by molar-refractivity contribution is 5.83. The average Bonchev–Trinajstić information content (AvgIpc) is 2.31. The van der Waals surface area contributed by atoms with Gasteiger partial charge in [0.1, 0.15) is 12.2 Å². The maximum atomic E-state index is 11.4. The Labute approximate surface area is 104 Å². The van der Waals surface area contributed by atoms with Gasteiger partial charge in [-0.05, 0) is 6.92 Å². The highest BCUT2D eigenvalue weighted by atomic mass is 16.3. The summed E-state index contributed by atoms with van der Waals surface area (Å²) in [5.41, 5.74) is 0. The standard InChI is InChI=1S/C10H18N2O6/c1-5(14)9(10(18)7(16)4-13)12-8(17)3-11-6(2)15/h4-5,7,9-10,14,16,18H,3H2,1-2H3,(H,11,15)(H,12,17)/t5-,7+,9-,10-/m1/s1. The van der Waals surface area contributed by atoms with Crippen LogP contribution in [-0.2, 0) is 14.4 Å². The monoisotopic (exact) mass is 262 g/mol. The van der Waals surface area contributed by atoms with E-state index in [0.717, 1.165) is 0 Å². The Morgan fingerprint density at radius 3 is 2.22 bits per heavy atom. The first-order chi connectivity index (χ1) is 8.29. The quantitative estimate of drug-likeness (QED) is 0.308. The number of aldehydes is 1. The van der Waals surface area contributed by atoms with Crippen molar-refractivity contribution in [2.75, 3.05) is 6.54 Å². The summed E-state index contributed by atoms with van der Waals surface area (Å²) in [4.78, 5) is 32.3. The minimum atomic E-state index is -1.72. The molecule has 0 aliphatic heterocycles. The molecule has 0 aromatic carbocycles. The Morgan fingerprint density at radius 2 is 1.83 bits per heavy atom. The van der Waals surface area contributed by atoms with Crippen LogP contribution in [0.2, 0.25) is 0 Å². The summed E-state index contributed by atoms with van der Waals surface area (Å²) >= 11 is 0. The average molecular weight is 262 g/mol. The smallest absolute Gasteiger partial charge is 0.239 e. The van der Waals surface area contributed by atoms with Crippen LogP contribution in [0.25, 0.3) is 0 Å². The van der Waals surface area contributed by atoms with Gasteiger partial charge < -0.3 is 30.7 Å². The van der Waals surface area contributed by atoms with Gasteiger partial charge >= 0.3 is 0 Å². The van der Waals surface area contributed by atoms with Crippen LogP contribution in [0, 0.1) is 0 Å². The van der Waals surface area contributed by atoms with Crippen LogP contribution in [-0.4, -0.2) is 64.3 Å². The molecule has 4 atom stereocenters. The summed E-state index contributed by atoms with van der Waals surface area (Å²) < 4.78 is 0. The molecule has 8 heteroatoms. The van der Waals surface area contributed by atoms with E-state index in [1.807, 2.05) is 0 Å². The van der Waals surface area contributed by atoms with Crippen molar-refractivity contribution in [3.63, 3.8) is 0 Å². The highest BCUT2D eigenvalue weighted by Gasteiger charge is 2.30. The van der Waals surface area contributed by atoms with E-state index >= 15 is 0 Å². The molecule has 0 aliphatic rings. The predicted octanol–water partition coefficient (Wildman–Crippen LogP) is -3.09. The Balaban J connectivity index is 4.48. The van der Waals surface area contributed by atoms with E-state index in [2.05, 4.69) is 10.6 Å². The van der Waals surface area contributed by atoms with Gasteiger partial charge in [-0.1, -0.05) is 0 Å². The molecule has 0 radical (unpaired) electrons. The van der Waals surface area contributed by atoms with E-state index in [0.29, 0.717) is 0 Å². The molecule has 0 spiro atoms. The molecule has 5 N–H and O–H groups in total. The van der Waals surface area contributed by atoms with Crippen LogP contribution in [0.3, 0.4) is 0 Å². The molecule has 0 rings (SSSR count). The van der Waals surface area contributed by atoms with Gasteiger partial charge in [0.2, 0.25) is 11.8 Å². The van der Waals surface area contributed by atoms with Crippen molar-refractivity contribution in [1.82, 2.24) is 10.6 Å². The second-order valence-corrected chi connectivity index (χ2v) is 3.86. The van der Waals surface area contributed by atoms with Crippen LogP contribution in [0.4, 0.5) is 0 Å². The van der Waals surface area contributed by atoms with Crippen molar-refractivity contribution < 1.29 is 29.7 Å². The van der Waals surface area contributed by atoms with Crippen molar-refractivity contribution in [3.8, 4) is 0 Å². The lowest BCUT2D eigenvalue weighted by Crippen LogP contribution is -2.55. The fourth-order valence-electron chi connectivity index (χ4n) is 1.23. The molecule has 0 aromatic heterocycles. The zero-order valence-corrected chi connectivity index (χ0v) is 10.2. The topological polar surface area (TPSA) is 136 Å². The molecule has 8 nitrogen and oxygen atoms in total. The Kier molecular flexibility index (Phi) is 7.10. The Hall–Kier alpha value is -1.51. The number of carbonyl (C=O) groups excluding carboxylic acids is 3. The Morgan fingerprint density at radius 1 is 1.28 bits per heavy atom. The first-order valence-corrected chi connectivity index (χ1v) is 5.33. The van der Waals surface area contributed by atoms with E-state index in [4.69, 9.17) is 5.11 Å². The number of hydrogen-bond acceptors (Lipinski definition) is 6. The second-order valence-electron chi connectivity index (χ2n) is 3.86. The minimum Gasteiger partial charge on any atom is -0.391 e. The van der Waals surface area contributed by atoms with Crippen LogP contribution in [0.1, 0.15) is 13.8 Å². The number of carbonyl (C=O) groups is 3. The second kappa shape index (κ2) is 7.75. The minimum absolute atomic E-state index is 0.0972. The zero-order chi connectivity index (χ0) is 14.3. The van der Waals surface area contributed by atoms with Gasteiger partial charge in [-0.25, -0.2) is 0 Å². The molecule has 0 saturated carbocycles. The van der Waals surface area contributed by atoms with E-state index < -0.39 is 36.2 Å². The van der Waals surface area contributed by atoms with Gasteiger partial charge in [0.25, 0.3) is 0 Å². The predicted molar refractivity (Wildman–Crippen MR) is 60.4 cm³/mol. The van der Waals surface area contributed by atoms with Gasteiger partial charge in [0.05, 0.1) is 18.7 Å². The SMILES string of the molecule is CC(=O)NCC(=O)N[C@@H]([C@H](O)[C@@H](O)C=O)[C@@H](C)O. The molecule has 0 aliphatic carbocycles. The number of hydrogen-bond donors (Lipinski definition) is 5. The van der Waals surface area contributed by atoms with E-state index in [9.17, 15) is 24.6 Å². The molecule has 0 unspecified atom stereocenters. The Bertz CT molecular complexity index is 307. The van der Waals surface area contributed by atoms with Crippen LogP contribution < -0.4 is 10.6 Å². The molecular weight excluding hydrogens is 244 g/mol. The normalized spacial score (nSPS) is 17.2. The van der Waals surface area contributed by atoms with E-state index in [-0.39, 0.29) is 12.8 Å². The maximum Gasteiger partial charge on any atom is 0.239 e. The molecule has 0 saturated heterocycles. The van der Waals surface area contributed by atoms with Crippen molar-refractivity contribution in [3.05, 3.63) is 0 Å². The molecular formula is C10H18N2O6. The summed E-state index contributed by atoms with van der Waals surface area (Å²) in [6.45, 7) is 2.18. The van der Waals surface area contributed by atoms with Crippen LogP contribution in [0.15, 0.2) is 0 Å². The molecule has 18 heavy (non-hydrogen) atoms. The summed E-state index contributed by atoms with van der Waals surface area (Å²) in [5.74, 6) is -1.07. The van der Waals surface area contributed by atoms with Gasteiger partial charge in [-0.15, -0.1) is 0 Å². The molecule has 0 heterocycles. The number of rotatable bonds is 7. The first kappa shape index (κ1) is 16.5. The third kappa shape index (κ3) is 5.71. The van der Waals surface area contributed by atoms with Gasteiger partial charge in [0, 0.05) is 6.92 Å². The highest BCUT2D eigenvalue weighted by Crippen LogP contribution is 2.03. The summed E-state index contributed by atoms with van der Waals surface area (Å²) in [7, 11) is 0. The van der Waals surface area contributed by atoms with Gasteiger partial charge in [-0.3, -0.25) is 9.59 Å². The van der Waals surface area contributed by atoms with Crippen LogP contribution in [0.5, 0.6) is 0 Å². The molecule has 104 valence electrons. The molecule has 0 aromatic rings. The van der Waals surface area contributed by atoms with Crippen molar-refractivity contribution in [1.29, 1.82) is 0 Å². The number of aliphatic hydroxyl groups is 3. The van der Waals surface area contributed by atoms with Crippen LogP contribution >= 0.6 is 0 Å². The van der Waals surface area contributed by atoms with Gasteiger partial charge in [0.15, 0.2) is 6.29 Å². The lowest BCUT2D eigenvalue weighted by Gasteiger charge is -2.27. The third-order valence-corrected chi connectivity index (χ3v) is 2.20. The number of amides is 2. The molecule has 2 amide bonds. The molecule has 0 bridgehead atoms. The fraction of sp³-hybridized carbons (Fsp3) is 0.700. The number of aliphatic hydroxyl groups excluding tert-OH is 3. The van der Waals surface area contributed by atoms with Crippen molar-refractivity contribution >= 4 is 18.1 Å². The van der Waals surface area contributed by atoms with E-state index in [1.54, 1.807) is 0 Å². The number of nitrogens with one attached hydrogen (secondary N) is 2. The van der Waals surface area contributed by atoms with Gasteiger partial charge in [-0.2, -0.15) is 0 Å². The van der Waals surface area contributed by atoms with Crippen molar-refractivity contribution in [2.45, 2.75) is 38.2 Å². The fourth-order valence-corrected chi connectivity index (χ4v) is 1.23. The maximum absolute atomic E-state index is 11.4. The molecule has 0 fully saturated rings. The lowest BCUT2D eigenvalue weighted by atomic mass is 10.0. The summed E-state index contributed by atoms with van der Waals surface area (Å²) in [6, 6.07) is -1.22. The third-order valence-electron chi connectivity index (χ3n) is 2.20. The van der Waals surface area contributed by atoms with Crippen molar-refractivity contribution in [2.24, 2.45) is 0 Å². The van der Waals surface area contributed by atoms with E-state index in [1.165, 1.54) is 13.8 Å².